The van der Waals surface area contributed by atoms with Crippen LogP contribution in [0.1, 0.15) is 40.5 Å². The average Bonchev–Trinajstić information content (AvgIpc) is 2.60. The summed E-state index contributed by atoms with van der Waals surface area (Å²) < 4.78 is 5.04. The summed E-state index contributed by atoms with van der Waals surface area (Å²) in [6.45, 7) is 1.44. The van der Waals surface area contributed by atoms with Crippen molar-refractivity contribution in [3.63, 3.8) is 0 Å². The Balaban J connectivity index is 1.93. The largest absolute Gasteiger partial charge is 0.497 e. The Morgan fingerprint density at radius 2 is 1.62 bits per heavy atom. The maximum Gasteiger partial charge on any atom is 0.224 e. The summed E-state index contributed by atoms with van der Waals surface area (Å²) in [6, 6.07) is 13.5. The van der Waals surface area contributed by atoms with Gasteiger partial charge in [-0.15, -0.1) is 0 Å². The van der Waals surface area contributed by atoms with Crippen LogP contribution in [0.3, 0.4) is 0 Å². The molecule has 0 bridgehead atoms. The topological polar surface area (TPSA) is 72.5 Å². The number of carbonyl (C=O) groups excluding carboxylic acids is 3. The molecular weight excluding hydrogens is 306 g/mol. The van der Waals surface area contributed by atoms with Crippen LogP contribution in [0.25, 0.3) is 0 Å². The fourth-order valence-corrected chi connectivity index (χ4v) is 2.26. The Bertz CT molecular complexity index is 750. The Morgan fingerprint density at radius 3 is 2.25 bits per heavy atom. The Labute approximate surface area is 140 Å². The zero-order chi connectivity index (χ0) is 17.5. The molecule has 5 nitrogen and oxygen atoms in total. The van der Waals surface area contributed by atoms with E-state index >= 15 is 0 Å². The van der Waals surface area contributed by atoms with E-state index in [0.717, 1.165) is 0 Å². The highest BCUT2D eigenvalue weighted by atomic mass is 16.5. The van der Waals surface area contributed by atoms with Crippen LogP contribution in [0, 0.1) is 0 Å². The summed E-state index contributed by atoms with van der Waals surface area (Å²) >= 11 is 0. The van der Waals surface area contributed by atoms with Crippen LogP contribution in [0.2, 0.25) is 0 Å². The first kappa shape index (κ1) is 17.4. The van der Waals surface area contributed by atoms with Crippen LogP contribution in [0.4, 0.5) is 5.69 Å². The zero-order valence-corrected chi connectivity index (χ0v) is 13.7. The number of carbonyl (C=O) groups is 3. The predicted molar refractivity (Wildman–Crippen MR) is 91.6 cm³/mol. The van der Waals surface area contributed by atoms with Crippen LogP contribution < -0.4 is 10.1 Å². The third-order valence-electron chi connectivity index (χ3n) is 3.57. The van der Waals surface area contributed by atoms with Crippen molar-refractivity contribution >= 4 is 23.2 Å². The van der Waals surface area contributed by atoms with Gasteiger partial charge < -0.3 is 10.1 Å². The molecule has 0 fully saturated rings. The van der Waals surface area contributed by atoms with Crippen LogP contribution in [0.15, 0.2) is 48.5 Å². The van der Waals surface area contributed by atoms with Gasteiger partial charge in [-0.2, -0.15) is 0 Å². The lowest BCUT2D eigenvalue weighted by molar-refractivity contribution is -0.116. The number of nitrogens with one attached hydrogen (secondary N) is 1. The van der Waals surface area contributed by atoms with Crippen molar-refractivity contribution < 1.29 is 19.1 Å². The highest BCUT2D eigenvalue weighted by Gasteiger charge is 2.12. The average molecular weight is 325 g/mol. The van der Waals surface area contributed by atoms with Gasteiger partial charge in [-0.3, -0.25) is 14.4 Å². The van der Waals surface area contributed by atoms with Gasteiger partial charge in [-0.25, -0.2) is 0 Å². The molecule has 0 heterocycles. The van der Waals surface area contributed by atoms with E-state index in [1.54, 1.807) is 55.6 Å². The number of Topliss-reactive ketones (excluding diaryl/α,β-unsaturated/α-hetero) is 2. The van der Waals surface area contributed by atoms with Crippen molar-refractivity contribution in [2.45, 2.75) is 19.8 Å². The number of ether oxygens (including phenoxy) is 1. The lowest BCUT2D eigenvalue weighted by atomic mass is 10.1. The minimum atomic E-state index is -0.300. The van der Waals surface area contributed by atoms with E-state index in [2.05, 4.69) is 5.32 Å². The molecule has 0 aliphatic heterocycles. The van der Waals surface area contributed by atoms with Gasteiger partial charge in [0.05, 0.1) is 12.8 Å². The van der Waals surface area contributed by atoms with Crippen molar-refractivity contribution in [3.05, 3.63) is 59.7 Å². The summed E-state index contributed by atoms with van der Waals surface area (Å²) in [4.78, 5) is 35.7. The molecule has 1 amide bonds. The normalized spacial score (nSPS) is 10.1. The second-order valence-corrected chi connectivity index (χ2v) is 5.30. The standard InChI is InChI=1S/C19H19NO4/c1-13(21)16-5-3-4-6-17(16)20-19(23)12-11-18(22)14-7-9-15(24-2)10-8-14/h3-10H,11-12H2,1-2H3,(H,20,23). The number of ketones is 2. The Hall–Kier alpha value is -2.95. The van der Waals surface area contributed by atoms with Gasteiger partial charge in [0.1, 0.15) is 5.75 Å². The van der Waals surface area contributed by atoms with Crippen LogP contribution >= 0.6 is 0 Å². The second kappa shape index (κ2) is 8.06. The smallest absolute Gasteiger partial charge is 0.224 e. The number of rotatable bonds is 7. The summed E-state index contributed by atoms with van der Waals surface area (Å²) in [6.07, 6.45) is 0.150. The van der Waals surface area contributed by atoms with Crippen molar-refractivity contribution in [1.82, 2.24) is 0 Å². The van der Waals surface area contributed by atoms with Gasteiger partial charge in [0.25, 0.3) is 0 Å². The number of hydrogen-bond donors (Lipinski definition) is 1. The molecule has 0 aliphatic carbocycles. The van der Waals surface area contributed by atoms with Gasteiger partial charge in [0, 0.05) is 24.0 Å². The van der Waals surface area contributed by atoms with E-state index in [9.17, 15) is 14.4 Å². The Morgan fingerprint density at radius 1 is 0.958 bits per heavy atom. The third-order valence-corrected chi connectivity index (χ3v) is 3.57. The molecule has 0 radical (unpaired) electrons. The summed E-state index contributed by atoms with van der Waals surface area (Å²) in [5.41, 5.74) is 1.45. The molecule has 0 aliphatic rings. The van der Waals surface area contributed by atoms with E-state index in [-0.39, 0.29) is 30.3 Å². The van der Waals surface area contributed by atoms with E-state index in [1.807, 2.05) is 0 Å². The molecule has 2 aromatic carbocycles. The number of anilines is 1. The molecular formula is C19H19NO4. The van der Waals surface area contributed by atoms with Crippen molar-refractivity contribution in [2.75, 3.05) is 12.4 Å². The number of amides is 1. The fourth-order valence-electron chi connectivity index (χ4n) is 2.26. The summed E-state index contributed by atoms with van der Waals surface area (Å²) in [5, 5.41) is 2.68. The van der Waals surface area contributed by atoms with E-state index < -0.39 is 0 Å². The lowest BCUT2D eigenvalue weighted by Crippen LogP contribution is -2.15. The van der Waals surface area contributed by atoms with Crippen LogP contribution in [-0.4, -0.2) is 24.6 Å². The highest BCUT2D eigenvalue weighted by molar-refractivity contribution is 6.05. The van der Waals surface area contributed by atoms with Gasteiger partial charge >= 0.3 is 0 Å². The van der Waals surface area contributed by atoms with Crippen LogP contribution in [-0.2, 0) is 4.79 Å². The molecule has 0 saturated carbocycles. The maximum atomic E-state index is 12.1. The number of para-hydroxylation sites is 1. The molecule has 24 heavy (non-hydrogen) atoms. The number of hydrogen-bond acceptors (Lipinski definition) is 4. The molecule has 124 valence electrons. The lowest BCUT2D eigenvalue weighted by Gasteiger charge is -2.09. The monoisotopic (exact) mass is 325 g/mol. The summed E-state index contributed by atoms with van der Waals surface area (Å²) in [5.74, 6) is 0.128. The third kappa shape index (κ3) is 4.52. The first-order chi connectivity index (χ1) is 11.5. The first-order valence-electron chi connectivity index (χ1n) is 7.58. The molecule has 2 rings (SSSR count). The molecule has 0 spiro atoms. The number of methoxy groups -OCH3 is 1. The predicted octanol–water partition coefficient (Wildman–Crippen LogP) is 3.50. The molecule has 2 aromatic rings. The van der Waals surface area contributed by atoms with E-state index in [1.165, 1.54) is 6.92 Å². The fraction of sp³-hybridized carbons (Fsp3) is 0.211. The van der Waals surface area contributed by atoms with Crippen molar-refractivity contribution in [1.29, 1.82) is 0 Å². The zero-order valence-electron chi connectivity index (χ0n) is 13.7. The SMILES string of the molecule is COc1ccc(C(=O)CCC(=O)Nc2ccccc2C(C)=O)cc1. The molecule has 0 unspecified atom stereocenters. The van der Waals surface area contributed by atoms with E-state index in [0.29, 0.717) is 22.6 Å². The molecule has 0 atom stereocenters. The van der Waals surface area contributed by atoms with Crippen molar-refractivity contribution in [3.8, 4) is 5.75 Å². The Kier molecular flexibility index (Phi) is 5.84. The highest BCUT2D eigenvalue weighted by Crippen LogP contribution is 2.17. The molecule has 1 N–H and O–H groups in total. The van der Waals surface area contributed by atoms with E-state index in [4.69, 9.17) is 4.74 Å². The first-order valence-corrected chi connectivity index (χ1v) is 7.58. The minimum absolute atomic E-state index is 0.0527. The molecule has 0 saturated heterocycles. The van der Waals surface area contributed by atoms with Gasteiger partial charge in [-0.05, 0) is 43.3 Å². The van der Waals surface area contributed by atoms with Gasteiger partial charge in [-0.1, -0.05) is 12.1 Å². The quantitative estimate of drug-likeness (QED) is 0.791. The van der Waals surface area contributed by atoms with Crippen molar-refractivity contribution in [2.24, 2.45) is 0 Å². The molecule has 5 heteroatoms. The molecule has 0 aromatic heterocycles. The van der Waals surface area contributed by atoms with Gasteiger partial charge in [0.2, 0.25) is 5.91 Å². The van der Waals surface area contributed by atoms with Gasteiger partial charge in [0.15, 0.2) is 11.6 Å². The van der Waals surface area contributed by atoms with Crippen LogP contribution in [0.5, 0.6) is 5.75 Å². The second-order valence-electron chi connectivity index (χ2n) is 5.30. The maximum absolute atomic E-state index is 12.1. The minimum Gasteiger partial charge on any atom is -0.497 e. The number of benzene rings is 2. The summed E-state index contributed by atoms with van der Waals surface area (Å²) in [7, 11) is 1.56.